The van der Waals surface area contributed by atoms with Gasteiger partial charge in [-0.3, -0.25) is 9.48 Å². The highest BCUT2D eigenvalue weighted by molar-refractivity contribution is 5.94. The number of rotatable bonds is 4. The van der Waals surface area contributed by atoms with Crippen LogP contribution >= 0.6 is 0 Å². The SMILES string of the molecule is CCn1nc(C)cc1C(=O)CC1CC1. The second-order valence-corrected chi connectivity index (χ2v) is 4.06. The molecule has 0 radical (unpaired) electrons. The molecule has 0 aromatic carbocycles. The molecular weight excluding hydrogens is 176 g/mol. The van der Waals surface area contributed by atoms with E-state index in [9.17, 15) is 4.79 Å². The van der Waals surface area contributed by atoms with Crippen molar-refractivity contribution in [2.45, 2.75) is 39.7 Å². The Hall–Kier alpha value is -1.12. The number of aromatic nitrogens is 2. The van der Waals surface area contributed by atoms with E-state index in [0.717, 1.165) is 17.9 Å². The van der Waals surface area contributed by atoms with Gasteiger partial charge in [-0.25, -0.2) is 0 Å². The summed E-state index contributed by atoms with van der Waals surface area (Å²) in [5, 5.41) is 4.27. The van der Waals surface area contributed by atoms with Crippen molar-refractivity contribution in [2.75, 3.05) is 0 Å². The van der Waals surface area contributed by atoms with Crippen LogP contribution in [0.25, 0.3) is 0 Å². The van der Waals surface area contributed by atoms with E-state index in [2.05, 4.69) is 5.10 Å². The standard InChI is InChI=1S/C11H16N2O/c1-3-13-10(6-8(2)12-13)11(14)7-9-4-5-9/h6,9H,3-5,7H2,1-2H3. The van der Waals surface area contributed by atoms with E-state index in [-0.39, 0.29) is 5.78 Å². The first-order valence-electron chi connectivity index (χ1n) is 5.28. The summed E-state index contributed by atoms with van der Waals surface area (Å²) in [6.07, 6.45) is 3.17. The van der Waals surface area contributed by atoms with Crippen molar-refractivity contribution < 1.29 is 4.79 Å². The third-order valence-electron chi connectivity index (χ3n) is 2.66. The molecule has 0 atom stereocenters. The Labute approximate surface area is 84.1 Å². The second-order valence-electron chi connectivity index (χ2n) is 4.06. The molecular formula is C11H16N2O. The first kappa shape index (κ1) is 9.44. The van der Waals surface area contributed by atoms with E-state index < -0.39 is 0 Å². The van der Waals surface area contributed by atoms with Crippen molar-refractivity contribution in [3.8, 4) is 0 Å². The minimum absolute atomic E-state index is 0.259. The smallest absolute Gasteiger partial charge is 0.181 e. The quantitative estimate of drug-likeness (QED) is 0.685. The third kappa shape index (κ3) is 1.86. The molecule has 1 fully saturated rings. The van der Waals surface area contributed by atoms with Gasteiger partial charge in [-0.05, 0) is 38.7 Å². The maximum atomic E-state index is 11.8. The van der Waals surface area contributed by atoms with E-state index in [1.165, 1.54) is 12.8 Å². The normalized spacial score (nSPS) is 15.9. The van der Waals surface area contributed by atoms with Crippen LogP contribution in [0, 0.1) is 12.8 Å². The molecule has 1 aromatic rings. The van der Waals surface area contributed by atoms with E-state index in [0.29, 0.717) is 12.3 Å². The van der Waals surface area contributed by atoms with Crippen LogP contribution in [0.2, 0.25) is 0 Å². The summed E-state index contributed by atoms with van der Waals surface area (Å²) in [6, 6.07) is 1.90. The van der Waals surface area contributed by atoms with Gasteiger partial charge in [-0.1, -0.05) is 0 Å². The average Bonchev–Trinajstić information content (AvgIpc) is 2.87. The van der Waals surface area contributed by atoms with Crippen molar-refractivity contribution in [2.24, 2.45) is 5.92 Å². The van der Waals surface area contributed by atoms with Crippen LogP contribution < -0.4 is 0 Å². The molecule has 0 amide bonds. The van der Waals surface area contributed by atoms with Gasteiger partial charge in [0.25, 0.3) is 0 Å². The fourth-order valence-electron chi connectivity index (χ4n) is 1.70. The molecule has 0 N–H and O–H groups in total. The summed E-state index contributed by atoms with van der Waals surface area (Å²) < 4.78 is 1.81. The molecule has 76 valence electrons. The maximum Gasteiger partial charge on any atom is 0.181 e. The van der Waals surface area contributed by atoms with Crippen LogP contribution in [-0.4, -0.2) is 15.6 Å². The van der Waals surface area contributed by atoms with Gasteiger partial charge in [0.1, 0.15) is 5.69 Å². The number of hydrogen-bond acceptors (Lipinski definition) is 2. The minimum Gasteiger partial charge on any atom is -0.292 e. The topological polar surface area (TPSA) is 34.9 Å². The summed E-state index contributed by atoms with van der Waals surface area (Å²) in [5.74, 6) is 0.915. The van der Waals surface area contributed by atoms with Crippen molar-refractivity contribution in [3.05, 3.63) is 17.5 Å². The Kier molecular flexibility index (Phi) is 2.40. The maximum absolute atomic E-state index is 11.8. The molecule has 2 rings (SSSR count). The summed E-state index contributed by atoms with van der Waals surface area (Å²) in [4.78, 5) is 11.8. The van der Waals surface area contributed by atoms with Gasteiger partial charge in [-0.15, -0.1) is 0 Å². The van der Waals surface area contributed by atoms with Crippen LogP contribution in [0.1, 0.15) is 42.4 Å². The second kappa shape index (κ2) is 3.56. The lowest BCUT2D eigenvalue weighted by molar-refractivity contribution is 0.0965. The molecule has 3 heteroatoms. The molecule has 1 aliphatic carbocycles. The highest BCUT2D eigenvalue weighted by atomic mass is 16.1. The van der Waals surface area contributed by atoms with E-state index in [1.54, 1.807) is 4.68 Å². The fraction of sp³-hybridized carbons (Fsp3) is 0.636. The number of aryl methyl sites for hydroxylation is 2. The van der Waals surface area contributed by atoms with Gasteiger partial charge in [0.15, 0.2) is 5.78 Å². The molecule has 1 saturated carbocycles. The van der Waals surface area contributed by atoms with Gasteiger partial charge in [-0.2, -0.15) is 5.10 Å². The molecule has 0 saturated heterocycles. The third-order valence-corrected chi connectivity index (χ3v) is 2.66. The molecule has 0 aliphatic heterocycles. The largest absolute Gasteiger partial charge is 0.292 e. The zero-order valence-corrected chi connectivity index (χ0v) is 8.79. The van der Waals surface area contributed by atoms with Gasteiger partial charge in [0.2, 0.25) is 0 Å². The number of hydrogen-bond donors (Lipinski definition) is 0. The van der Waals surface area contributed by atoms with Gasteiger partial charge >= 0.3 is 0 Å². The molecule has 1 heterocycles. The van der Waals surface area contributed by atoms with Crippen molar-refractivity contribution in [1.82, 2.24) is 9.78 Å². The number of carbonyl (C=O) groups excluding carboxylic acids is 1. The summed E-state index contributed by atoms with van der Waals surface area (Å²) in [6.45, 7) is 4.72. The van der Waals surface area contributed by atoms with E-state index in [4.69, 9.17) is 0 Å². The van der Waals surface area contributed by atoms with Crippen LogP contribution in [0.5, 0.6) is 0 Å². The highest BCUT2D eigenvalue weighted by Gasteiger charge is 2.26. The molecule has 0 spiro atoms. The monoisotopic (exact) mass is 192 g/mol. The van der Waals surface area contributed by atoms with Crippen LogP contribution in [0.3, 0.4) is 0 Å². The summed E-state index contributed by atoms with van der Waals surface area (Å²) in [7, 11) is 0. The molecule has 0 bridgehead atoms. The Morgan fingerprint density at radius 1 is 1.64 bits per heavy atom. The molecule has 14 heavy (non-hydrogen) atoms. The number of ketones is 1. The lowest BCUT2D eigenvalue weighted by atomic mass is 10.1. The van der Waals surface area contributed by atoms with Gasteiger partial charge in [0.05, 0.1) is 5.69 Å². The summed E-state index contributed by atoms with van der Waals surface area (Å²) >= 11 is 0. The Morgan fingerprint density at radius 2 is 2.36 bits per heavy atom. The Bertz CT molecular complexity index is 350. The Morgan fingerprint density at radius 3 is 2.93 bits per heavy atom. The zero-order chi connectivity index (χ0) is 10.1. The van der Waals surface area contributed by atoms with Crippen LogP contribution in [-0.2, 0) is 6.54 Å². The number of carbonyl (C=O) groups is 1. The molecule has 1 aromatic heterocycles. The van der Waals surface area contributed by atoms with Crippen LogP contribution in [0.4, 0.5) is 0 Å². The van der Waals surface area contributed by atoms with Gasteiger partial charge < -0.3 is 0 Å². The van der Waals surface area contributed by atoms with Crippen molar-refractivity contribution >= 4 is 5.78 Å². The lowest BCUT2D eigenvalue weighted by Gasteiger charge is -2.02. The molecule has 3 nitrogen and oxygen atoms in total. The van der Waals surface area contributed by atoms with E-state index >= 15 is 0 Å². The molecule has 1 aliphatic rings. The minimum atomic E-state index is 0.259. The predicted molar refractivity (Wildman–Crippen MR) is 54.3 cm³/mol. The van der Waals surface area contributed by atoms with Gasteiger partial charge in [0, 0.05) is 13.0 Å². The first-order valence-corrected chi connectivity index (χ1v) is 5.28. The zero-order valence-electron chi connectivity index (χ0n) is 8.79. The van der Waals surface area contributed by atoms with E-state index in [1.807, 2.05) is 19.9 Å². The predicted octanol–water partition coefficient (Wildman–Crippen LogP) is 2.19. The average molecular weight is 192 g/mol. The molecule has 0 unspecified atom stereocenters. The first-order chi connectivity index (χ1) is 6.70. The van der Waals surface area contributed by atoms with Crippen molar-refractivity contribution in [1.29, 1.82) is 0 Å². The Balaban J connectivity index is 2.15. The van der Waals surface area contributed by atoms with Crippen LogP contribution in [0.15, 0.2) is 6.07 Å². The van der Waals surface area contributed by atoms with Crippen molar-refractivity contribution in [3.63, 3.8) is 0 Å². The number of Topliss-reactive ketones (excluding diaryl/α,β-unsaturated/α-hetero) is 1. The lowest BCUT2D eigenvalue weighted by Crippen LogP contribution is -2.09. The summed E-state index contributed by atoms with van der Waals surface area (Å²) in [5.41, 5.74) is 1.72. The number of nitrogens with zero attached hydrogens (tertiary/aromatic N) is 2. The highest BCUT2D eigenvalue weighted by Crippen LogP contribution is 2.33. The fourth-order valence-corrected chi connectivity index (χ4v) is 1.70.